The van der Waals surface area contributed by atoms with Crippen molar-refractivity contribution in [2.75, 3.05) is 30.2 Å². The molecule has 0 fully saturated rings. The lowest BCUT2D eigenvalue weighted by Crippen LogP contribution is -2.53. The monoisotopic (exact) mass is 515 g/mol. The van der Waals surface area contributed by atoms with Gasteiger partial charge in [-0.15, -0.1) is 0 Å². The Morgan fingerprint density at radius 1 is 0.944 bits per heavy atom. The number of nitrogens with zero attached hydrogens (tertiary/aromatic N) is 2. The van der Waals surface area contributed by atoms with E-state index in [0.29, 0.717) is 37.5 Å². The van der Waals surface area contributed by atoms with Crippen molar-refractivity contribution in [1.29, 1.82) is 0 Å². The Hall–Kier alpha value is -2.87. The summed E-state index contributed by atoms with van der Waals surface area (Å²) in [5.74, 6) is -0.0550. The van der Waals surface area contributed by atoms with Crippen LogP contribution in [0.15, 0.2) is 54.6 Å². The summed E-state index contributed by atoms with van der Waals surface area (Å²) in [6.45, 7) is 10.4. The van der Waals surface area contributed by atoms with Crippen LogP contribution < -0.4 is 9.62 Å². The molecule has 198 valence electrons. The van der Waals surface area contributed by atoms with Crippen molar-refractivity contribution in [3.05, 3.63) is 65.7 Å². The highest BCUT2D eigenvalue weighted by molar-refractivity contribution is 7.92. The number of benzene rings is 2. The van der Waals surface area contributed by atoms with E-state index in [1.54, 1.807) is 12.1 Å². The van der Waals surface area contributed by atoms with Crippen LogP contribution >= 0.6 is 0 Å². The zero-order valence-electron chi connectivity index (χ0n) is 22.4. The van der Waals surface area contributed by atoms with Gasteiger partial charge in [-0.2, -0.15) is 0 Å². The van der Waals surface area contributed by atoms with Gasteiger partial charge in [0.1, 0.15) is 12.6 Å². The Morgan fingerprint density at radius 3 is 2.06 bits per heavy atom. The van der Waals surface area contributed by atoms with Crippen molar-refractivity contribution in [1.82, 2.24) is 10.2 Å². The molecule has 8 heteroatoms. The molecule has 2 rings (SSSR count). The van der Waals surface area contributed by atoms with Gasteiger partial charge in [0.05, 0.1) is 11.9 Å². The average molecular weight is 516 g/mol. The van der Waals surface area contributed by atoms with E-state index in [-0.39, 0.29) is 18.4 Å². The molecular weight excluding hydrogens is 474 g/mol. The SMILES string of the molecule is CCC(C(=O)NCC(C)C)N(CCc1ccccc1)C(=O)CN(c1ccc(C(C)C)cc1)S(C)(=O)=O. The lowest BCUT2D eigenvalue weighted by molar-refractivity contribution is -0.139. The Balaban J connectivity index is 2.34. The number of amides is 2. The molecule has 2 amide bonds. The third-order valence-electron chi connectivity index (χ3n) is 6.08. The summed E-state index contributed by atoms with van der Waals surface area (Å²) < 4.78 is 26.5. The lowest BCUT2D eigenvalue weighted by Gasteiger charge is -2.33. The zero-order chi connectivity index (χ0) is 26.9. The van der Waals surface area contributed by atoms with Gasteiger partial charge in [0.15, 0.2) is 0 Å². The van der Waals surface area contributed by atoms with Crippen molar-refractivity contribution in [3.8, 4) is 0 Å². The number of rotatable bonds is 13. The van der Waals surface area contributed by atoms with Crippen molar-refractivity contribution >= 4 is 27.5 Å². The van der Waals surface area contributed by atoms with E-state index in [4.69, 9.17) is 0 Å². The van der Waals surface area contributed by atoms with E-state index in [1.165, 1.54) is 4.90 Å². The topological polar surface area (TPSA) is 86.8 Å². The Kier molecular flexibility index (Phi) is 11.0. The normalized spacial score (nSPS) is 12.4. The molecular formula is C28H41N3O4S. The number of anilines is 1. The molecule has 2 aromatic carbocycles. The molecule has 2 aromatic rings. The standard InChI is InChI=1S/C28H41N3O4S/c1-7-26(28(33)29-19-21(2)3)30(18-17-23-11-9-8-10-12-23)27(32)20-31(36(6,34)35)25-15-13-24(14-16-25)22(4)5/h8-16,21-22,26H,7,17-20H2,1-6H3,(H,29,33). The van der Waals surface area contributed by atoms with Crippen molar-refractivity contribution in [3.63, 3.8) is 0 Å². The molecule has 0 aliphatic carbocycles. The van der Waals surface area contributed by atoms with Crippen LogP contribution in [-0.4, -0.2) is 57.1 Å². The smallest absolute Gasteiger partial charge is 0.244 e. The number of nitrogens with one attached hydrogen (secondary N) is 1. The minimum Gasteiger partial charge on any atom is -0.354 e. The van der Waals surface area contributed by atoms with E-state index in [9.17, 15) is 18.0 Å². The van der Waals surface area contributed by atoms with Crippen LogP contribution in [0.2, 0.25) is 0 Å². The molecule has 1 N–H and O–H groups in total. The summed E-state index contributed by atoms with van der Waals surface area (Å²) in [6.07, 6.45) is 2.08. The van der Waals surface area contributed by atoms with Gasteiger partial charge in [-0.25, -0.2) is 8.42 Å². The van der Waals surface area contributed by atoms with Gasteiger partial charge in [-0.05, 0) is 47.9 Å². The summed E-state index contributed by atoms with van der Waals surface area (Å²) in [6, 6.07) is 16.3. The Morgan fingerprint density at radius 2 is 1.56 bits per heavy atom. The predicted octanol–water partition coefficient (Wildman–Crippen LogP) is 4.20. The summed E-state index contributed by atoms with van der Waals surface area (Å²) in [7, 11) is -3.74. The minimum absolute atomic E-state index is 0.222. The molecule has 0 bridgehead atoms. The Labute approximate surface area is 216 Å². The molecule has 0 saturated heterocycles. The highest BCUT2D eigenvalue weighted by Gasteiger charge is 2.31. The molecule has 0 aromatic heterocycles. The highest BCUT2D eigenvalue weighted by atomic mass is 32.2. The van der Waals surface area contributed by atoms with Crippen LogP contribution in [0.3, 0.4) is 0 Å². The van der Waals surface area contributed by atoms with Crippen LogP contribution in [0.5, 0.6) is 0 Å². The predicted molar refractivity (Wildman–Crippen MR) is 147 cm³/mol. The van der Waals surface area contributed by atoms with Crippen molar-refractivity contribution in [2.45, 2.75) is 59.4 Å². The van der Waals surface area contributed by atoms with Gasteiger partial charge in [-0.3, -0.25) is 13.9 Å². The number of hydrogen-bond donors (Lipinski definition) is 1. The quantitative estimate of drug-likeness (QED) is 0.433. The molecule has 0 saturated carbocycles. The maximum Gasteiger partial charge on any atom is 0.244 e. The summed E-state index contributed by atoms with van der Waals surface area (Å²) >= 11 is 0. The fraction of sp³-hybridized carbons (Fsp3) is 0.500. The van der Waals surface area contributed by atoms with Crippen molar-refractivity contribution in [2.24, 2.45) is 5.92 Å². The summed E-state index contributed by atoms with van der Waals surface area (Å²) in [4.78, 5) is 28.2. The summed E-state index contributed by atoms with van der Waals surface area (Å²) in [5.41, 5.74) is 2.54. The van der Waals surface area contributed by atoms with Crippen LogP contribution in [0.25, 0.3) is 0 Å². The van der Waals surface area contributed by atoms with Crippen molar-refractivity contribution < 1.29 is 18.0 Å². The largest absolute Gasteiger partial charge is 0.354 e. The van der Waals surface area contributed by atoms with Crippen LogP contribution in [0.4, 0.5) is 5.69 Å². The number of hydrogen-bond acceptors (Lipinski definition) is 4. The minimum atomic E-state index is -3.74. The van der Waals surface area contributed by atoms with Crippen LogP contribution in [-0.2, 0) is 26.0 Å². The second-order valence-corrected chi connectivity index (χ2v) is 11.8. The molecule has 0 aliphatic rings. The molecule has 0 aliphatic heterocycles. The first kappa shape index (κ1) is 29.4. The van der Waals surface area contributed by atoms with E-state index in [1.807, 2.05) is 63.2 Å². The Bertz CT molecular complexity index is 1080. The highest BCUT2D eigenvalue weighted by Crippen LogP contribution is 2.22. The fourth-order valence-electron chi connectivity index (χ4n) is 3.96. The molecule has 1 unspecified atom stereocenters. The molecule has 36 heavy (non-hydrogen) atoms. The number of carbonyl (C=O) groups excluding carboxylic acids is 2. The third kappa shape index (κ3) is 8.66. The van der Waals surface area contributed by atoms with Crippen LogP contribution in [0, 0.1) is 5.92 Å². The number of sulfonamides is 1. The molecule has 1 atom stereocenters. The van der Waals surface area contributed by atoms with E-state index in [0.717, 1.165) is 21.7 Å². The maximum absolute atomic E-state index is 13.7. The average Bonchev–Trinajstić information content (AvgIpc) is 2.83. The molecule has 0 spiro atoms. The maximum atomic E-state index is 13.7. The van der Waals surface area contributed by atoms with E-state index >= 15 is 0 Å². The lowest BCUT2D eigenvalue weighted by atomic mass is 10.0. The van der Waals surface area contributed by atoms with Gasteiger partial charge >= 0.3 is 0 Å². The van der Waals surface area contributed by atoms with Gasteiger partial charge in [0, 0.05) is 13.1 Å². The van der Waals surface area contributed by atoms with Gasteiger partial charge in [0.2, 0.25) is 21.8 Å². The van der Waals surface area contributed by atoms with Crippen LogP contribution in [0.1, 0.15) is 58.1 Å². The summed E-state index contributed by atoms with van der Waals surface area (Å²) in [5, 5.41) is 2.93. The first-order valence-corrected chi connectivity index (χ1v) is 14.5. The molecule has 0 heterocycles. The molecule has 7 nitrogen and oxygen atoms in total. The fourth-order valence-corrected chi connectivity index (χ4v) is 4.81. The van der Waals surface area contributed by atoms with E-state index in [2.05, 4.69) is 19.2 Å². The van der Waals surface area contributed by atoms with E-state index < -0.39 is 22.0 Å². The first-order valence-electron chi connectivity index (χ1n) is 12.6. The number of carbonyl (C=O) groups is 2. The van der Waals surface area contributed by atoms with Gasteiger partial charge in [-0.1, -0.05) is 77.1 Å². The molecule has 0 radical (unpaired) electrons. The first-order chi connectivity index (χ1) is 16.9. The van der Waals surface area contributed by atoms with Gasteiger partial charge < -0.3 is 10.2 Å². The third-order valence-corrected chi connectivity index (χ3v) is 7.22. The zero-order valence-corrected chi connectivity index (χ0v) is 23.2. The van der Waals surface area contributed by atoms with Gasteiger partial charge in [0.25, 0.3) is 0 Å². The second kappa shape index (κ2) is 13.4. The second-order valence-electron chi connectivity index (χ2n) is 9.90.